The molecule has 0 aliphatic carbocycles. The molecule has 1 heterocycles. The van der Waals surface area contributed by atoms with Crippen LogP contribution in [0.4, 0.5) is 5.69 Å². The van der Waals surface area contributed by atoms with Crippen LogP contribution in [0.25, 0.3) is 0 Å². The predicted molar refractivity (Wildman–Crippen MR) is 78.6 cm³/mol. The van der Waals surface area contributed by atoms with Gasteiger partial charge in [0.1, 0.15) is 5.75 Å². The minimum atomic E-state index is -0.786. The molecule has 0 saturated carbocycles. The molecule has 0 N–H and O–H groups in total. The van der Waals surface area contributed by atoms with Crippen LogP contribution in [-0.2, 0) is 0 Å². The molecule has 0 atom stereocenters. The summed E-state index contributed by atoms with van der Waals surface area (Å²) in [5, 5.41) is 11.2. The van der Waals surface area contributed by atoms with Gasteiger partial charge in [-0.3, -0.25) is 10.1 Å². The van der Waals surface area contributed by atoms with Crippen LogP contribution in [0.5, 0.6) is 11.5 Å². The number of benzene rings is 1. The van der Waals surface area contributed by atoms with Crippen LogP contribution in [0.1, 0.15) is 12.8 Å². The molecule has 1 aromatic rings. The highest BCUT2D eigenvalue weighted by molar-refractivity contribution is 5.51. The second-order valence-corrected chi connectivity index (χ2v) is 5.13. The van der Waals surface area contributed by atoms with Crippen LogP contribution in [-0.4, -0.2) is 42.7 Å². The molecule has 0 bridgehead atoms. The number of piperidine rings is 1. The van der Waals surface area contributed by atoms with E-state index >= 15 is 0 Å². The Labute approximate surface area is 123 Å². The maximum atomic E-state index is 11.2. The van der Waals surface area contributed by atoms with Crippen LogP contribution >= 0.6 is 0 Å². The van der Waals surface area contributed by atoms with E-state index in [-0.39, 0.29) is 11.4 Å². The molecule has 0 radical (unpaired) electrons. The molecule has 1 fully saturated rings. The number of hydrogen-bond donors (Lipinski definition) is 0. The summed E-state index contributed by atoms with van der Waals surface area (Å²) < 4.78 is 10.9. The van der Waals surface area contributed by atoms with Crippen LogP contribution in [0, 0.1) is 22.5 Å². The van der Waals surface area contributed by atoms with Gasteiger partial charge in [0.2, 0.25) is 0 Å². The molecular weight excluding hydrogens is 272 g/mol. The number of ether oxygens (including phenoxy) is 2. The molecular formula is C15H18N2O4. The van der Waals surface area contributed by atoms with Crippen molar-refractivity contribution in [3.63, 3.8) is 0 Å². The zero-order valence-corrected chi connectivity index (χ0v) is 12.2. The molecule has 0 aromatic heterocycles. The van der Waals surface area contributed by atoms with Gasteiger partial charge in [-0.05, 0) is 19.2 Å². The van der Waals surface area contributed by atoms with Gasteiger partial charge in [0, 0.05) is 25.9 Å². The smallest absolute Gasteiger partial charge is 0.314 e. The van der Waals surface area contributed by atoms with Crippen molar-refractivity contribution in [3.05, 3.63) is 28.3 Å². The van der Waals surface area contributed by atoms with E-state index in [0.717, 1.165) is 13.1 Å². The van der Waals surface area contributed by atoms with Crippen molar-refractivity contribution in [3.8, 4) is 23.8 Å². The van der Waals surface area contributed by atoms with Crippen molar-refractivity contribution < 1.29 is 14.4 Å². The van der Waals surface area contributed by atoms with E-state index in [1.807, 2.05) is 7.05 Å². The third-order valence-electron chi connectivity index (χ3n) is 3.73. The van der Waals surface area contributed by atoms with Gasteiger partial charge < -0.3 is 14.4 Å². The summed E-state index contributed by atoms with van der Waals surface area (Å²) >= 11 is 0. The summed E-state index contributed by atoms with van der Waals surface area (Å²) in [4.78, 5) is 12.9. The fraction of sp³-hybridized carbons (Fsp3) is 0.467. The molecule has 2 rings (SSSR count). The summed E-state index contributed by atoms with van der Waals surface area (Å²) in [6.45, 7) is 1.60. The highest BCUT2D eigenvalue weighted by atomic mass is 16.6. The highest BCUT2D eigenvalue weighted by Crippen LogP contribution is 2.36. The lowest BCUT2D eigenvalue weighted by Crippen LogP contribution is -2.45. The first-order valence-electron chi connectivity index (χ1n) is 6.67. The maximum absolute atomic E-state index is 11.2. The summed E-state index contributed by atoms with van der Waals surface area (Å²) in [7, 11) is 3.47. The number of methoxy groups -OCH3 is 1. The number of rotatable bonds is 4. The molecule has 21 heavy (non-hydrogen) atoms. The van der Waals surface area contributed by atoms with Crippen molar-refractivity contribution in [1.29, 1.82) is 0 Å². The number of nitrogens with zero attached hydrogens (tertiary/aromatic N) is 2. The van der Waals surface area contributed by atoms with Crippen molar-refractivity contribution in [2.75, 3.05) is 27.2 Å². The average molecular weight is 290 g/mol. The lowest BCUT2D eigenvalue weighted by atomic mass is 9.92. The summed E-state index contributed by atoms with van der Waals surface area (Å²) in [5.74, 6) is 3.27. The van der Waals surface area contributed by atoms with Crippen molar-refractivity contribution in [2.24, 2.45) is 0 Å². The van der Waals surface area contributed by atoms with E-state index in [1.165, 1.54) is 19.2 Å². The number of nitro groups is 1. The Balaban J connectivity index is 2.30. The Hall–Kier alpha value is -2.26. The van der Waals surface area contributed by atoms with Gasteiger partial charge in [-0.2, -0.15) is 0 Å². The lowest BCUT2D eigenvalue weighted by Gasteiger charge is -2.36. The normalized spacial score (nSPS) is 17.8. The van der Waals surface area contributed by atoms with E-state index in [9.17, 15) is 10.1 Å². The Morgan fingerprint density at radius 2 is 2.10 bits per heavy atom. The van der Waals surface area contributed by atoms with Gasteiger partial charge in [0.05, 0.1) is 18.1 Å². The van der Waals surface area contributed by atoms with Crippen molar-refractivity contribution in [1.82, 2.24) is 4.90 Å². The van der Waals surface area contributed by atoms with Crippen molar-refractivity contribution >= 4 is 5.69 Å². The third kappa shape index (κ3) is 3.26. The topological polar surface area (TPSA) is 64.8 Å². The van der Waals surface area contributed by atoms with Gasteiger partial charge in [-0.25, -0.2) is 0 Å². The molecule has 1 aromatic carbocycles. The van der Waals surface area contributed by atoms with Crippen LogP contribution in [0.2, 0.25) is 0 Å². The van der Waals surface area contributed by atoms with Gasteiger partial charge in [0.25, 0.3) is 0 Å². The lowest BCUT2D eigenvalue weighted by molar-refractivity contribution is -0.386. The summed E-state index contributed by atoms with van der Waals surface area (Å²) in [5.41, 5.74) is -0.922. The largest absolute Gasteiger partial charge is 0.496 e. The fourth-order valence-electron chi connectivity index (χ4n) is 2.32. The molecule has 0 amide bonds. The zero-order chi connectivity index (χ0) is 15.5. The monoisotopic (exact) mass is 290 g/mol. The Bertz CT molecular complexity index is 572. The summed E-state index contributed by atoms with van der Waals surface area (Å²) in [6.07, 6.45) is 6.91. The van der Waals surface area contributed by atoms with E-state index < -0.39 is 10.5 Å². The van der Waals surface area contributed by atoms with Crippen LogP contribution in [0.3, 0.4) is 0 Å². The second-order valence-electron chi connectivity index (χ2n) is 5.13. The second kappa shape index (κ2) is 6.02. The Morgan fingerprint density at radius 1 is 1.43 bits per heavy atom. The van der Waals surface area contributed by atoms with E-state index in [0.29, 0.717) is 18.6 Å². The van der Waals surface area contributed by atoms with Crippen LogP contribution in [0.15, 0.2) is 18.2 Å². The Kier molecular flexibility index (Phi) is 4.34. The number of likely N-dealkylation sites (tertiary alicyclic amines) is 1. The highest BCUT2D eigenvalue weighted by Gasteiger charge is 2.35. The zero-order valence-electron chi connectivity index (χ0n) is 12.2. The third-order valence-corrected chi connectivity index (χ3v) is 3.73. The number of terminal acetylenes is 1. The molecule has 0 unspecified atom stereocenters. The van der Waals surface area contributed by atoms with E-state index in [1.54, 1.807) is 6.07 Å². The van der Waals surface area contributed by atoms with Gasteiger partial charge in [-0.1, -0.05) is 5.92 Å². The summed E-state index contributed by atoms with van der Waals surface area (Å²) in [6, 6.07) is 4.50. The standard InChI is InChI=1S/C15H18N2O4/c1-4-15(7-9-16(2)10-8-15)21-14-6-5-12(20-3)11-13(14)17(18)19/h1,5-6,11H,7-10H2,2-3H3. The average Bonchev–Trinajstić information content (AvgIpc) is 2.50. The molecule has 1 aliphatic rings. The minimum Gasteiger partial charge on any atom is -0.496 e. The van der Waals surface area contributed by atoms with Crippen LogP contribution < -0.4 is 9.47 Å². The fourth-order valence-corrected chi connectivity index (χ4v) is 2.32. The number of hydrogen-bond acceptors (Lipinski definition) is 5. The molecule has 1 saturated heterocycles. The van der Waals surface area contributed by atoms with Gasteiger partial charge in [-0.15, -0.1) is 6.42 Å². The van der Waals surface area contributed by atoms with Gasteiger partial charge >= 0.3 is 5.69 Å². The van der Waals surface area contributed by atoms with E-state index in [4.69, 9.17) is 15.9 Å². The first kappa shape index (κ1) is 15.1. The SMILES string of the molecule is C#CC1(Oc2ccc(OC)cc2[N+](=O)[O-])CCN(C)CC1. The van der Waals surface area contributed by atoms with Crippen molar-refractivity contribution in [2.45, 2.75) is 18.4 Å². The first-order chi connectivity index (χ1) is 9.99. The molecule has 112 valence electrons. The molecule has 6 heteroatoms. The Morgan fingerprint density at radius 3 is 2.62 bits per heavy atom. The molecule has 6 nitrogen and oxygen atoms in total. The van der Waals surface area contributed by atoms with E-state index in [2.05, 4.69) is 10.8 Å². The minimum absolute atomic E-state index is 0.136. The molecule has 1 aliphatic heterocycles. The van der Waals surface area contributed by atoms with Gasteiger partial charge in [0.15, 0.2) is 11.4 Å². The molecule has 0 spiro atoms. The maximum Gasteiger partial charge on any atom is 0.314 e. The number of nitro benzene ring substituents is 1. The predicted octanol–water partition coefficient (Wildman–Crippen LogP) is 2.08. The first-order valence-corrected chi connectivity index (χ1v) is 6.67. The quantitative estimate of drug-likeness (QED) is 0.482.